The van der Waals surface area contributed by atoms with Gasteiger partial charge in [-0.2, -0.15) is 0 Å². The fraction of sp³-hybridized carbons (Fsp3) is 0.429. The number of amides is 1. The fourth-order valence-corrected chi connectivity index (χ4v) is 3.52. The number of anilines is 1. The van der Waals surface area contributed by atoms with E-state index in [0.29, 0.717) is 25.3 Å². The van der Waals surface area contributed by atoms with Crippen LogP contribution in [0.15, 0.2) is 30.3 Å². The molecule has 0 aromatic heterocycles. The zero-order valence-electron chi connectivity index (χ0n) is 16.2. The second kappa shape index (κ2) is 8.06. The Balaban J connectivity index is 2.22. The molecule has 2 unspecified atom stereocenters. The zero-order chi connectivity index (χ0) is 19.6. The Morgan fingerprint density at radius 1 is 1.33 bits per heavy atom. The van der Waals surface area contributed by atoms with Crippen LogP contribution < -0.4 is 4.90 Å². The Hall–Kier alpha value is -2.44. The lowest BCUT2D eigenvalue weighted by Gasteiger charge is -2.32. The standard InChI is InChI=1S/C21H25NO5/c1-5-26-21(25-4)19(23)22(17-10-11-27-20(17)24)18-14(3)13(2)12-15-8-6-7-9-16(15)18/h6-9,12,17,21H,5,10-11H2,1-4H3. The molecule has 1 amide bonds. The molecule has 1 aliphatic rings. The summed E-state index contributed by atoms with van der Waals surface area (Å²) in [5, 5.41) is 1.91. The predicted molar refractivity (Wildman–Crippen MR) is 103 cm³/mol. The molecule has 3 rings (SSSR count). The van der Waals surface area contributed by atoms with Gasteiger partial charge in [-0.05, 0) is 37.3 Å². The van der Waals surface area contributed by atoms with E-state index in [1.54, 1.807) is 6.92 Å². The molecule has 27 heavy (non-hydrogen) atoms. The number of methoxy groups -OCH3 is 1. The van der Waals surface area contributed by atoms with E-state index in [9.17, 15) is 9.59 Å². The molecule has 2 atom stereocenters. The normalized spacial score (nSPS) is 17.8. The van der Waals surface area contributed by atoms with Crippen LogP contribution in [0.5, 0.6) is 0 Å². The number of carbonyl (C=O) groups is 2. The third kappa shape index (κ3) is 3.55. The van der Waals surface area contributed by atoms with E-state index < -0.39 is 24.2 Å². The Morgan fingerprint density at radius 3 is 2.70 bits per heavy atom. The van der Waals surface area contributed by atoms with Crippen molar-refractivity contribution < 1.29 is 23.8 Å². The first-order chi connectivity index (χ1) is 13.0. The van der Waals surface area contributed by atoms with Gasteiger partial charge >= 0.3 is 5.97 Å². The number of hydrogen-bond acceptors (Lipinski definition) is 5. The van der Waals surface area contributed by atoms with Crippen LogP contribution in [0, 0.1) is 13.8 Å². The molecule has 144 valence electrons. The molecule has 1 saturated heterocycles. The van der Waals surface area contributed by atoms with Crippen molar-refractivity contribution in [3.63, 3.8) is 0 Å². The summed E-state index contributed by atoms with van der Waals surface area (Å²) in [6.07, 6.45) is -0.642. The lowest BCUT2D eigenvalue weighted by molar-refractivity contribution is -0.162. The number of fused-ring (bicyclic) bond motifs is 1. The Labute approximate surface area is 159 Å². The molecule has 0 radical (unpaired) electrons. The second-order valence-electron chi connectivity index (χ2n) is 6.59. The molecule has 6 heteroatoms. The highest BCUT2D eigenvalue weighted by Gasteiger charge is 2.40. The first-order valence-electron chi connectivity index (χ1n) is 9.12. The first kappa shape index (κ1) is 19.3. The van der Waals surface area contributed by atoms with Crippen LogP contribution in [0.1, 0.15) is 24.5 Å². The summed E-state index contributed by atoms with van der Waals surface area (Å²) in [6.45, 7) is 6.36. The van der Waals surface area contributed by atoms with Gasteiger partial charge < -0.3 is 14.2 Å². The van der Waals surface area contributed by atoms with E-state index in [4.69, 9.17) is 14.2 Å². The molecule has 2 aromatic rings. The highest BCUT2D eigenvalue weighted by molar-refractivity contribution is 6.09. The highest BCUT2D eigenvalue weighted by atomic mass is 16.7. The van der Waals surface area contributed by atoms with E-state index in [1.807, 2.05) is 38.1 Å². The number of esters is 1. The van der Waals surface area contributed by atoms with Gasteiger partial charge in [-0.1, -0.05) is 30.3 Å². The maximum absolute atomic E-state index is 13.4. The number of rotatable bonds is 6. The SMILES string of the molecule is CCOC(OC)C(=O)N(c1c(C)c(C)cc2ccccc12)C1CCOC1=O. The number of ether oxygens (including phenoxy) is 3. The van der Waals surface area contributed by atoms with Gasteiger partial charge in [0.25, 0.3) is 5.91 Å². The highest BCUT2D eigenvalue weighted by Crippen LogP contribution is 2.36. The quantitative estimate of drug-likeness (QED) is 0.577. The average molecular weight is 371 g/mol. The molecule has 2 aromatic carbocycles. The molecule has 0 bridgehead atoms. The number of cyclic esters (lactones) is 1. The van der Waals surface area contributed by atoms with Gasteiger partial charge in [0.2, 0.25) is 6.29 Å². The summed E-state index contributed by atoms with van der Waals surface area (Å²) >= 11 is 0. The van der Waals surface area contributed by atoms with E-state index in [0.717, 1.165) is 21.9 Å². The fourth-order valence-electron chi connectivity index (χ4n) is 3.52. The Bertz CT molecular complexity index is 863. The van der Waals surface area contributed by atoms with E-state index in [2.05, 4.69) is 6.07 Å². The van der Waals surface area contributed by atoms with Crippen molar-refractivity contribution in [1.82, 2.24) is 0 Å². The number of hydrogen-bond donors (Lipinski definition) is 0. The molecule has 0 spiro atoms. The van der Waals surface area contributed by atoms with Crippen LogP contribution in [-0.4, -0.2) is 44.5 Å². The van der Waals surface area contributed by atoms with Crippen LogP contribution >= 0.6 is 0 Å². The molecule has 0 N–H and O–H groups in total. The van der Waals surface area contributed by atoms with E-state index >= 15 is 0 Å². The minimum Gasteiger partial charge on any atom is -0.464 e. The van der Waals surface area contributed by atoms with Gasteiger partial charge in [-0.15, -0.1) is 0 Å². The van der Waals surface area contributed by atoms with Gasteiger partial charge in [0.05, 0.1) is 12.3 Å². The molecule has 1 heterocycles. The molecular weight excluding hydrogens is 346 g/mol. The van der Waals surface area contributed by atoms with Crippen molar-refractivity contribution in [2.24, 2.45) is 0 Å². The van der Waals surface area contributed by atoms with Crippen LogP contribution in [-0.2, 0) is 23.8 Å². The first-order valence-corrected chi connectivity index (χ1v) is 9.12. The molecule has 0 aliphatic carbocycles. The summed E-state index contributed by atoms with van der Waals surface area (Å²) < 4.78 is 15.9. The smallest absolute Gasteiger partial charge is 0.329 e. The van der Waals surface area contributed by atoms with Crippen LogP contribution in [0.3, 0.4) is 0 Å². The molecule has 6 nitrogen and oxygen atoms in total. The number of nitrogens with zero attached hydrogens (tertiary/aromatic N) is 1. The maximum atomic E-state index is 13.4. The maximum Gasteiger partial charge on any atom is 0.329 e. The summed E-state index contributed by atoms with van der Waals surface area (Å²) in [6, 6.07) is 9.22. The number of aryl methyl sites for hydroxylation is 1. The van der Waals surface area contributed by atoms with E-state index in [-0.39, 0.29) is 0 Å². The van der Waals surface area contributed by atoms with Gasteiger partial charge in [0, 0.05) is 25.5 Å². The monoisotopic (exact) mass is 371 g/mol. The van der Waals surface area contributed by atoms with Crippen LogP contribution in [0.4, 0.5) is 5.69 Å². The summed E-state index contributed by atoms with van der Waals surface area (Å²) in [5.41, 5.74) is 2.69. The summed E-state index contributed by atoms with van der Waals surface area (Å²) in [4.78, 5) is 27.3. The van der Waals surface area contributed by atoms with Crippen LogP contribution in [0.2, 0.25) is 0 Å². The second-order valence-corrected chi connectivity index (χ2v) is 6.59. The van der Waals surface area contributed by atoms with E-state index in [1.165, 1.54) is 12.0 Å². The topological polar surface area (TPSA) is 65.1 Å². The minimum absolute atomic E-state index is 0.294. The summed E-state index contributed by atoms with van der Waals surface area (Å²) in [7, 11) is 1.42. The van der Waals surface area contributed by atoms with Crippen molar-refractivity contribution in [2.75, 3.05) is 25.2 Å². The van der Waals surface area contributed by atoms with Gasteiger partial charge in [0.1, 0.15) is 6.04 Å². The Kier molecular flexibility index (Phi) is 5.77. The minimum atomic E-state index is -1.08. The van der Waals surface area contributed by atoms with Crippen LogP contribution in [0.25, 0.3) is 10.8 Å². The molecule has 1 aliphatic heterocycles. The lowest BCUT2D eigenvalue weighted by Crippen LogP contribution is -2.49. The van der Waals surface area contributed by atoms with Gasteiger partial charge in [-0.25, -0.2) is 4.79 Å². The average Bonchev–Trinajstić information content (AvgIpc) is 3.08. The Morgan fingerprint density at radius 2 is 2.07 bits per heavy atom. The van der Waals surface area contributed by atoms with Crippen molar-refractivity contribution in [2.45, 2.75) is 39.5 Å². The molecule has 0 saturated carbocycles. The third-order valence-electron chi connectivity index (χ3n) is 4.97. The molecule has 1 fully saturated rings. The van der Waals surface area contributed by atoms with Crippen molar-refractivity contribution >= 4 is 28.3 Å². The van der Waals surface area contributed by atoms with Gasteiger partial charge in [-0.3, -0.25) is 9.69 Å². The molecular formula is C21H25NO5. The predicted octanol–water partition coefficient (Wildman–Crippen LogP) is 3.11. The van der Waals surface area contributed by atoms with Gasteiger partial charge in [0.15, 0.2) is 0 Å². The zero-order valence-corrected chi connectivity index (χ0v) is 16.2. The number of carbonyl (C=O) groups excluding carboxylic acids is 2. The van der Waals surface area contributed by atoms with Crippen molar-refractivity contribution in [1.29, 1.82) is 0 Å². The van der Waals surface area contributed by atoms with Crippen molar-refractivity contribution in [3.05, 3.63) is 41.5 Å². The largest absolute Gasteiger partial charge is 0.464 e. The number of benzene rings is 2. The lowest BCUT2D eigenvalue weighted by atomic mass is 9.97. The van der Waals surface area contributed by atoms with Crippen molar-refractivity contribution in [3.8, 4) is 0 Å². The summed E-state index contributed by atoms with van der Waals surface area (Å²) in [5.74, 6) is -0.804. The third-order valence-corrected chi connectivity index (χ3v) is 4.97.